The highest BCUT2D eigenvalue weighted by Crippen LogP contribution is 2.10. The molecular formula is C12H14FN3O. The van der Waals surface area contributed by atoms with Crippen LogP contribution in [0.4, 0.5) is 4.39 Å². The lowest BCUT2D eigenvalue weighted by atomic mass is 10.2. The van der Waals surface area contributed by atoms with E-state index in [4.69, 9.17) is 5.73 Å². The zero-order chi connectivity index (χ0) is 12.4. The summed E-state index contributed by atoms with van der Waals surface area (Å²) < 4.78 is 14.7. The van der Waals surface area contributed by atoms with Gasteiger partial charge in [0.1, 0.15) is 11.5 Å². The van der Waals surface area contributed by atoms with Crippen molar-refractivity contribution in [3.63, 3.8) is 0 Å². The van der Waals surface area contributed by atoms with Crippen molar-refractivity contribution in [3.8, 4) is 5.69 Å². The van der Waals surface area contributed by atoms with Crippen molar-refractivity contribution in [3.05, 3.63) is 52.2 Å². The van der Waals surface area contributed by atoms with Gasteiger partial charge in [-0.25, -0.2) is 9.07 Å². The lowest BCUT2D eigenvalue weighted by molar-refractivity contribution is 0.606. The average molecular weight is 235 g/mol. The predicted octanol–water partition coefficient (Wildman–Crippen LogP) is 1.19. The summed E-state index contributed by atoms with van der Waals surface area (Å²) in [6.45, 7) is 1.85. The van der Waals surface area contributed by atoms with Crippen molar-refractivity contribution in [2.75, 3.05) is 0 Å². The van der Waals surface area contributed by atoms with E-state index in [1.54, 1.807) is 18.2 Å². The van der Waals surface area contributed by atoms with Crippen LogP contribution in [0.3, 0.4) is 0 Å². The first-order valence-electron chi connectivity index (χ1n) is 5.39. The van der Waals surface area contributed by atoms with Crippen molar-refractivity contribution in [1.29, 1.82) is 0 Å². The summed E-state index contributed by atoms with van der Waals surface area (Å²) >= 11 is 0. The molecule has 90 valence electrons. The van der Waals surface area contributed by atoms with E-state index in [1.807, 2.05) is 6.92 Å². The van der Waals surface area contributed by atoms with Crippen LogP contribution < -0.4 is 11.3 Å². The molecule has 1 heterocycles. The largest absolute Gasteiger partial charge is 0.328 e. The van der Waals surface area contributed by atoms with E-state index in [0.29, 0.717) is 12.1 Å². The number of nitrogens with zero attached hydrogens (tertiary/aromatic N) is 1. The van der Waals surface area contributed by atoms with Crippen molar-refractivity contribution in [2.24, 2.45) is 5.73 Å². The summed E-state index contributed by atoms with van der Waals surface area (Å²) in [4.78, 5) is 11.7. The molecule has 1 aromatic carbocycles. The maximum absolute atomic E-state index is 13.5. The van der Waals surface area contributed by atoms with Gasteiger partial charge in [-0.15, -0.1) is 0 Å². The topological polar surface area (TPSA) is 63.8 Å². The summed E-state index contributed by atoms with van der Waals surface area (Å²) in [6.07, 6.45) is 0.552. The van der Waals surface area contributed by atoms with E-state index in [-0.39, 0.29) is 17.3 Å². The SMILES string of the molecule is CC(N)Cc1cc(=O)n(-c2ccccc2F)[nH]1. The molecule has 17 heavy (non-hydrogen) atoms. The van der Waals surface area contributed by atoms with Gasteiger partial charge in [-0.1, -0.05) is 12.1 Å². The molecule has 0 saturated carbocycles. The molecule has 0 amide bonds. The molecule has 2 rings (SSSR count). The van der Waals surface area contributed by atoms with Crippen LogP contribution in [0, 0.1) is 5.82 Å². The highest BCUT2D eigenvalue weighted by molar-refractivity contribution is 5.32. The van der Waals surface area contributed by atoms with Crippen LogP contribution in [0.2, 0.25) is 0 Å². The number of para-hydroxylation sites is 1. The zero-order valence-corrected chi connectivity index (χ0v) is 9.48. The number of hydrogen-bond acceptors (Lipinski definition) is 2. The van der Waals surface area contributed by atoms with Crippen LogP contribution in [-0.4, -0.2) is 15.8 Å². The Balaban J connectivity index is 2.43. The Hall–Kier alpha value is -1.88. The van der Waals surface area contributed by atoms with Crippen LogP contribution in [0.15, 0.2) is 35.1 Å². The Bertz CT molecular complexity index is 571. The zero-order valence-electron chi connectivity index (χ0n) is 9.48. The number of aromatic nitrogens is 2. The van der Waals surface area contributed by atoms with Gasteiger partial charge in [-0.2, -0.15) is 0 Å². The van der Waals surface area contributed by atoms with Crippen LogP contribution >= 0.6 is 0 Å². The number of hydrogen-bond donors (Lipinski definition) is 2. The number of halogens is 1. The van der Waals surface area contributed by atoms with E-state index in [1.165, 1.54) is 16.8 Å². The third kappa shape index (κ3) is 2.45. The molecule has 0 fully saturated rings. The first-order valence-corrected chi connectivity index (χ1v) is 5.39. The van der Waals surface area contributed by atoms with E-state index in [2.05, 4.69) is 5.10 Å². The maximum Gasteiger partial charge on any atom is 0.271 e. The minimum absolute atomic E-state index is 0.0536. The Morgan fingerprint density at radius 1 is 1.47 bits per heavy atom. The number of aromatic amines is 1. The van der Waals surface area contributed by atoms with Gasteiger partial charge < -0.3 is 5.73 Å². The molecule has 2 aromatic rings. The van der Waals surface area contributed by atoms with Crippen molar-refractivity contribution in [1.82, 2.24) is 9.78 Å². The van der Waals surface area contributed by atoms with E-state index < -0.39 is 5.82 Å². The van der Waals surface area contributed by atoms with Gasteiger partial charge >= 0.3 is 0 Å². The first-order chi connectivity index (χ1) is 8.08. The molecule has 0 aliphatic carbocycles. The second-order valence-electron chi connectivity index (χ2n) is 4.09. The molecule has 0 bridgehead atoms. The fraction of sp³-hybridized carbons (Fsp3) is 0.250. The average Bonchev–Trinajstić information content (AvgIpc) is 2.59. The molecule has 0 saturated heterocycles. The van der Waals surface area contributed by atoms with E-state index in [0.717, 1.165) is 0 Å². The number of nitrogens with two attached hydrogens (primary N) is 1. The monoisotopic (exact) mass is 235 g/mol. The second-order valence-corrected chi connectivity index (χ2v) is 4.09. The Labute approximate surface area is 97.9 Å². The van der Waals surface area contributed by atoms with Gasteiger partial charge in [0.15, 0.2) is 0 Å². The van der Waals surface area contributed by atoms with Gasteiger partial charge in [0.05, 0.1) is 0 Å². The molecule has 5 heteroatoms. The molecule has 4 nitrogen and oxygen atoms in total. The van der Waals surface area contributed by atoms with Crippen molar-refractivity contribution < 1.29 is 4.39 Å². The molecule has 0 aliphatic rings. The van der Waals surface area contributed by atoms with Gasteiger partial charge in [0.25, 0.3) is 5.56 Å². The van der Waals surface area contributed by atoms with Crippen LogP contribution in [0.1, 0.15) is 12.6 Å². The molecule has 0 aliphatic heterocycles. The normalized spacial score (nSPS) is 12.6. The molecule has 1 aromatic heterocycles. The summed E-state index contributed by atoms with van der Waals surface area (Å²) in [5, 5.41) is 2.85. The predicted molar refractivity (Wildman–Crippen MR) is 63.7 cm³/mol. The fourth-order valence-electron chi connectivity index (χ4n) is 1.71. The first kappa shape index (κ1) is 11.6. The third-order valence-electron chi connectivity index (χ3n) is 2.41. The van der Waals surface area contributed by atoms with E-state index in [9.17, 15) is 9.18 Å². The van der Waals surface area contributed by atoms with Crippen molar-refractivity contribution in [2.45, 2.75) is 19.4 Å². The number of benzene rings is 1. The fourth-order valence-corrected chi connectivity index (χ4v) is 1.71. The lowest BCUT2D eigenvalue weighted by Crippen LogP contribution is -2.18. The third-order valence-corrected chi connectivity index (χ3v) is 2.41. The molecule has 3 N–H and O–H groups in total. The van der Waals surface area contributed by atoms with Crippen LogP contribution in [0.25, 0.3) is 5.69 Å². The Morgan fingerprint density at radius 3 is 2.82 bits per heavy atom. The highest BCUT2D eigenvalue weighted by atomic mass is 19.1. The maximum atomic E-state index is 13.5. The highest BCUT2D eigenvalue weighted by Gasteiger charge is 2.09. The van der Waals surface area contributed by atoms with Gasteiger partial charge in [0.2, 0.25) is 0 Å². The standard InChI is InChI=1S/C12H14FN3O/c1-8(14)6-9-7-12(17)16(15-9)11-5-3-2-4-10(11)13/h2-5,7-8,15H,6,14H2,1H3. The van der Waals surface area contributed by atoms with Gasteiger partial charge in [0, 0.05) is 24.2 Å². The Kier molecular flexibility index (Phi) is 3.10. The lowest BCUT2D eigenvalue weighted by Gasteiger charge is -2.04. The minimum Gasteiger partial charge on any atom is -0.328 e. The minimum atomic E-state index is -0.441. The quantitative estimate of drug-likeness (QED) is 0.839. The summed E-state index contributed by atoms with van der Waals surface area (Å²) in [5.41, 5.74) is 6.28. The number of rotatable bonds is 3. The molecule has 1 unspecified atom stereocenters. The number of nitrogens with one attached hydrogen (secondary N) is 1. The molecule has 0 radical (unpaired) electrons. The summed E-state index contributed by atoms with van der Waals surface area (Å²) in [5.74, 6) is -0.441. The van der Waals surface area contributed by atoms with E-state index >= 15 is 0 Å². The second kappa shape index (κ2) is 4.55. The smallest absolute Gasteiger partial charge is 0.271 e. The van der Waals surface area contributed by atoms with Crippen molar-refractivity contribution >= 4 is 0 Å². The number of H-pyrrole nitrogens is 1. The van der Waals surface area contributed by atoms with Crippen LogP contribution in [-0.2, 0) is 6.42 Å². The summed E-state index contributed by atoms with van der Waals surface area (Å²) in [7, 11) is 0. The molecular weight excluding hydrogens is 221 g/mol. The molecule has 1 atom stereocenters. The summed E-state index contributed by atoms with van der Waals surface area (Å²) in [6, 6.07) is 7.50. The van der Waals surface area contributed by atoms with Gasteiger partial charge in [-0.05, 0) is 19.1 Å². The van der Waals surface area contributed by atoms with Crippen LogP contribution in [0.5, 0.6) is 0 Å². The molecule has 0 spiro atoms. The van der Waals surface area contributed by atoms with Gasteiger partial charge in [-0.3, -0.25) is 9.89 Å². The Morgan fingerprint density at radius 2 is 2.18 bits per heavy atom.